The molecule has 0 bridgehead atoms. The van der Waals surface area contributed by atoms with Crippen molar-refractivity contribution in [1.29, 1.82) is 0 Å². The first-order valence-electron chi connectivity index (χ1n) is 6.97. The van der Waals surface area contributed by atoms with Crippen LogP contribution in [0.3, 0.4) is 0 Å². The number of aryl methyl sites for hydroxylation is 1. The molecule has 0 unspecified atom stereocenters. The zero-order valence-corrected chi connectivity index (χ0v) is 12.6. The standard InChI is InChI=1S/C15H17N5O3/c1-10-13(20(22)23)6-7-14(19-10)17-8-9-18-15(21)11-4-2-3-5-12(11)16/h2-7H,8-9,16H2,1H3,(H,17,19)(H,18,21). The number of rotatable bonds is 6. The summed E-state index contributed by atoms with van der Waals surface area (Å²) in [5.74, 6) is 0.263. The number of benzene rings is 1. The molecule has 0 aliphatic rings. The monoisotopic (exact) mass is 315 g/mol. The Morgan fingerprint density at radius 1 is 1.26 bits per heavy atom. The smallest absolute Gasteiger partial charge is 0.290 e. The van der Waals surface area contributed by atoms with Gasteiger partial charge in [0.1, 0.15) is 11.5 Å². The van der Waals surface area contributed by atoms with Gasteiger partial charge in [-0.15, -0.1) is 0 Å². The van der Waals surface area contributed by atoms with Crippen molar-refractivity contribution < 1.29 is 9.72 Å². The summed E-state index contributed by atoms with van der Waals surface area (Å²) in [6.45, 7) is 2.37. The van der Waals surface area contributed by atoms with Gasteiger partial charge in [-0.25, -0.2) is 4.98 Å². The summed E-state index contributed by atoms with van der Waals surface area (Å²) < 4.78 is 0. The van der Waals surface area contributed by atoms with Crippen molar-refractivity contribution in [2.45, 2.75) is 6.92 Å². The number of nitro groups is 1. The first-order chi connectivity index (χ1) is 11.0. The maximum atomic E-state index is 11.9. The fourth-order valence-corrected chi connectivity index (χ4v) is 2.01. The van der Waals surface area contributed by atoms with E-state index in [9.17, 15) is 14.9 Å². The Balaban J connectivity index is 1.84. The molecule has 0 radical (unpaired) electrons. The molecule has 0 saturated carbocycles. The Morgan fingerprint density at radius 2 is 2.00 bits per heavy atom. The highest BCUT2D eigenvalue weighted by atomic mass is 16.6. The van der Waals surface area contributed by atoms with Crippen molar-refractivity contribution in [3.63, 3.8) is 0 Å². The molecule has 4 N–H and O–H groups in total. The van der Waals surface area contributed by atoms with Gasteiger partial charge in [0.15, 0.2) is 0 Å². The molecule has 0 spiro atoms. The van der Waals surface area contributed by atoms with E-state index < -0.39 is 4.92 Å². The molecule has 2 rings (SSSR count). The summed E-state index contributed by atoms with van der Waals surface area (Å²) in [4.78, 5) is 26.3. The van der Waals surface area contributed by atoms with E-state index in [0.717, 1.165) is 0 Å². The molecule has 8 heteroatoms. The fraction of sp³-hybridized carbons (Fsp3) is 0.200. The maximum Gasteiger partial charge on any atom is 0.290 e. The van der Waals surface area contributed by atoms with E-state index in [1.165, 1.54) is 12.1 Å². The molecule has 1 aromatic carbocycles. The Bertz CT molecular complexity index is 733. The molecule has 0 aliphatic heterocycles. The lowest BCUT2D eigenvalue weighted by Crippen LogP contribution is -2.29. The number of nitrogen functional groups attached to an aromatic ring is 1. The number of amides is 1. The average Bonchev–Trinajstić information content (AvgIpc) is 2.51. The predicted molar refractivity (Wildman–Crippen MR) is 87.3 cm³/mol. The SMILES string of the molecule is Cc1nc(NCCNC(=O)c2ccccc2N)ccc1[N+](=O)[O-]. The second kappa shape index (κ2) is 7.21. The maximum absolute atomic E-state index is 11.9. The quantitative estimate of drug-likeness (QED) is 0.323. The minimum Gasteiger partial charge on any atom is -0.398 e. The van der Waals surface area contributed by atoms with Crippen LogP contribution < -0.4 is 16.4 Å². The molecule has 120 valence electrons. The molecule has 1 amide bonds. The number of nitrogens with two attached hydrogens (primary N) is 1. The van der Waals surface area contributed by atoms with Gasteiger partial charge >= 0.3 is 0 Å². The molecular formula is C15H17N5O3. The summed E-state index contributed by atoms with van der Waals surface area (Å²) in [7, 11) is 0. The highest BCUT2D eigenvalue weighted by molar-refractivity contribution is 5.99. The largest absolute Gasteiger partial charge is 0.398 e. The highest BCUT2D eigenvalue weighted by Crippen LogP contribution is 2.17. The van der Waals surface area contributed by atoms with Gasteiger partial charge in [0.25, 0.3) is 11.6 Å². The predicted octanol–water partition coefficient (Wildman–Crippen LogP) is 1.72. The zero-order chi connectivity index (χ0) is 16.8. The van der Waals surface area contributed by atoms with Gasteiger partial charge in [0.05, 0.1) is 10.5 Å². The zero-order valence-electron chi connectivity index (χ0n) is 12.6. The number of hydrogen-bond donors (Lipinski definition) is 3. The van der Waals surface area contributed by atoms with Crippen LogP contribution in [0.2, 0.25) is 0 Å². The second-order valence-electron chi connectivity index (χ2n) is 4.83. The molecule has 0 atom stereocenters. The van der Waals surface area contributed by atoms with Gasteiger partial charge in [-0.3, -0.25) is 14.9 Å². The summed E-state index contributed by atoms with van der Waals surface area (Å²) in [5, 5.41) is 16.4. The van der Waals surface area contributed by atoms with Crippen LogP contribution in [0.5, 0.6) is 0 Å². The lowest BCUT2D eigenvalue weighted by molar-refractivity contribution is -0.385. The van der Waals surface area contributed by atoms with Gasteiger partial charge in [-0.05, 0) is 25.1 Å². The van der Waals surface area contributed by atoms with E-state index in [4.69, 9.17) is 5.73 Å². The number of carbonyl (C=O) groups excluding carboxylic acids is 1. The van der Waals surface area contributed by atoms with Crippen LogP contribution in [0.15, 0.2) is 36.4 Å². The number of anilines is 2. The normalized spacial score (nSPS) is 10.1. The van der Waals surface area contributed by atoms with Crippen molar-refractivity contribution in [3.05, 3.63) is 57.8 Å². The van der Waals surface area contributed by atoms with Crippen LogP contribution in [-0.2, 0) is 0 Å². The summed E-state index contributed by atoms with van der Waals surface area (Å²) in [6, 6.07) is 9.75. The highest BCUT2D eigenvalue weighted by Gasteiger charge is 2.11. The van der Waals surface area contributed by atoms with E-state index in [1.54, 1.807) is 31.2 Å². The van der Waals surface area contributed by atoms with Crippen molar-refractivity contribution >= 4 is 23.1 Å². The van der Waals surface area contributed by atoms with E-state index in [0.29, 0.717) is 35.9 Å². The third kappa shape index (κ3) is 4.16. The number of aromatic nitrogens is 1. The topological polar surface area (TPSA) is 123 Å². The number of carbonyl (C=O) groups is 1. The molecule has 0 saturated heterocycles. The van der Waals surface area contributed by atoms with Gasteiger partial charge in [0.2, 0.25) is 0 Å². The third-order valence-electron chi connectivity index (χ3n) is 3.18. The minimum atomic E-state index is -0.476. The van der Waals surface area contributed by atoms with Crippen molar-refractivity contribution in [2.24, 2.45) is 0 Å². The van der Waals surface area contributed by atoms with E-state index >= 15 is 0 Å². The van der Waals surface area contributed by atoms with E-state index in [-0.39, 0.29) is 11.6 Å². The van der Waals surface area contributed by atoms with Crippen LogP contribution in [0, 0.1) is 17.0 Å². The average molecular weight is 315 g/mol. The van der Waals surface area contributed by atoms with Crippen molar-refractivity contribution in [2.75, 3.05) is 24.1 Å². The first-order valence-corrected chi connectivity index (χ1v) is 6.97. The number of hydrogen-bond acceptors (Lipinski definition) is 6. The third-order valence-corrected chi connectivity index (χ3v) is 3.18. The van der Waals surface area contributed by atoms with Crippen molar-refractivity contribution in [1.82, 2.24) is 10.3 Å². The van der Waals surface area contributed by atoms with Crippen LogP contribution in [0.25, 0.3) is 0 Å². The van der Waals surface area contributed by atoms with Gasteiger partial charge < -0.3 is 16.4 Å². The van der Waals surface area contributed by atoms with Gasteiger partial charge in [-0.1, -0.05) is 12.1 Å². The lowest BCUT2D eigenvalue weighted by Gasteiger charge is -2.09. The molecule has 1 heterocycles. The molecule has 1 aromatic heterocycles. The minimum absolute atomic E-state index is 0.0246. The lowest BCUT2D eigenvalue weighted by atomic mass is 10.2. The van der Waals surface area contributed by atoms with Crippen LogP contribution in [-0.4, -0.2) is 28.9 Å². The summed E-state index contributed by atoms with van der Waals surface area (Å²) in [5.41, 5.74) is 6.89. The Hall–Kier alpha value is -3.16. The summed E-state index contributed by atoms with van der Waals surface area (Å²) >= 11 is 0. The molecular weight excluding hydrogens is 298 g/mol. The van der Waals surface area contributed by atoms with E-state index in [2.05, 4.69) is 15.6 Å². The Kier molecular flexibility index (Phi) is 5.08. The molecule has 0 fully saturated rings. The number of para-hydroxylation sites is 1. The number of pyridine rings is 1. The molecule has 0 aliphatic carbocycles. The number of nitrogens with one attached hydrogen (secondary N) is 2. The molecule has 23 heavy (non-hydrogen) atoms. The molecule has 2 aromatic rings. The molecule has 8 nitrogen and oxygen atoms in total. The van der Waals surface area contributed by atoms with E-state index in [1.807, 2.05) is 0 Å². The van der Waals surface area contributed by atoms with Crippen LogP contribution in [0.1, 0.15) is 16.1 Å². The van der Waals surface area contributed by atoms with Crippen molar-refractivity contribution in [3.8, 4) is 0 Å². The Labute approximate surface area is 132 Å². The first kappa shape index (κ1) is 16.2. The van der Waals surface area contributed by atoms with Crippen LogP contribution in [0.4, 0.5) is 17.2 Å². The van der Waals surface area contributed by atoms with Gasteiger partial charge in [0, 0.05) is 24.8 Å². The Morgan fingerprint density at radius 3 is 2.65 bits per heavy atom. The summed E-state index contributed by atoms with van der Waals surface area (Å²) in [6.07, 6.45) is 0. The van der Waals surface area contributed by atoms with Gasteiger partial charge in [-0.2, -0.15) is 0 Å². The second-order valence-corrected chi connectivity index (χ2v) is 4.83. The number of nitrogens with zero attached hydrogens (tertiary/aromatic N) is 2. The van der Waals surface area contributed by atoms with Crippen LogP contribution >= 0.6 is 0 Å². The fourth-order valence-electron chi connectivity index (χ4n) is 2.01.